The first kappa shape index (κ1) is 19.9. The van der Waals surface area contributed by atoms with Gasteiger partial charge in [0.05, 0.1) is 20.0 Å². The van der Waals surface area contributed by atoms with Gasteiger partial charge in [0.15, 0.2) is 4.32 Å². The molecular weight excluding hydrogens is 440 g/mol. The van der Waals surface area contributed by atoms with Gasteiger partial charge in [-0.2, -0.15) is 5.26 Å². The van der Waals surface area contributed by atoms with Gasteiger partial charge in [-0.05, 0) is 23.8 Å². The van der Waals surface area contributed by atoms with E-state index in [9.17, 15) is 20.2 Å². The fourth-order valence-corrected chi connectivity index (χ4v) is 4.85. The number of amides is 1. The fourth-order valence-electron chi connectivity index (χ4n) is 2.72. The van der Waals surface area contributed by atoms with Crippen LogP contribution in [0, 0.1) is 21.4 Å². The lowest BCUT2D eigenvalue weighted by Crippen LogP contribution is -2.22. The van der Waals surface area contributed by atoms with E-state index in [0.717, 1.165) is 22.0 Å². The van der Waals surface area contributed by atoms with Crippen LogP contribution in [0.25, 0.3) is 21.9 Å². The Balaban J connectivity index is 1.65. The number of hydrogen-bond acceptors (Lipinski definition) is 8. The van der Waals surface area contributed by atoms with Crippen LogP contribution in [-0.4, -0.2) is 25.0 Å². The summed E-state index contributed by atoms with van der Waals surface area (Å²) in [6, 6.07) is 15.6. The summed E-state index contributed by atoms with van der Waals surface area (Å²) in [7, 11) is 0. The van der Waals surface area contributed by atoms with Crippen LogP contribution in [0.4, 0.5) is 5.69 Å². The number of aromatic nitrogens is 1. The molecule has 4 rings (SSSR count). The molecule has 3 aromatic rings. The summed E-state index contributed by atoms with van der Waals surface area (Å²) in [5.74, 6) is -0.398. The molecule has 1 amide bonds. The Bertz CT molecular complexity index is 1290. The molecule has 0 bridgehead atoms. The molecule has 1 aliphatic heterocycles. The number of non-ortho nitro benzene ring substituents is 1. The average Bonchev–Trinajstić information content (AvgIpc) is 3.27. The summed E-state index contributed by atoms with van der Waals surface area (Å²) in [6.07, 6.45) is 2.94. The summed E-state index contributed by atoms with van der Waals surface area (Å²) < 4.78 is 1.20. The van der Waals surface area contributed by atoms with Crippen LogP contribution < -0.4 is 0 Å². The van der Waals surface area contributed by atoms with Crippen LogP contribution in [-0.2, 0) is 4.79 Å². The largest absolute Gasteiger partial charge is 0.270 e. The summed E-state index contributed by atoms with van der Waals surface area (Å²) in [5.41, 5.74) is 1.45. The Labute approximate surface area is 184 Å². The normalized spacial score (nSPS) is 15.8. The molecule has 0 unspecified atom stereocenters. The maximum absolute atomic E-state index is 12.8. The van der Waals surface area contributed by atoms with Crippen molar-refractivity contribution in [2.75, 3.05) is 0 Å². The lowest BCUT2D eigenvalue weighted by atomic mass is 10.2. The molecular formula is C20H10N4O3S3. The van der Waals surface area contributed by atoms with Crippen molar-refractivity contribution < 1.29 is 9.72 Å². The van der Waals surface area contributed by atoms with E-state index in [1.807, 2.05) is 24.3 Å². The van der Waals surface area contributed by atoms with Gasteiger partial charge in [0.1, 0.15) is 16.6 Å². The van der Waals surface area contributed by atoms with Crippen molar-refractivity contribution in [3.05, 3.63) is 80.3 Å². The minimum absolute atomic E-state index is 0.0678. The summed E-state index contributed by atoms with van der Waals surface area (Å²) in [5, 5.41) is 21.1. The first-order valence-electron chi connectivity index (χ1n) is 8.45. The lowest BCUT2D eigenvalue weighted by Gasteiger charge is -2.08. The van der Waals surface area contributed by atoms with E-state index >= 15 is 0 Å². The van der Waals surface area contributed by atoms with Crippen molar-refractivity contribution in [3.8, 4) is 6.07 Å². The number of nitrogens with zero attached hydrogens (tertiary/aromatic N) is 4. The van der Waals surface area contributed by atoms with Gasteiger partial charge < -0.3 is 0 Å². The van der Waals surface area contributed by atoms with Gasteiger partial charge in [-0.1, -0.05) is 48.2 Å². The van der Waals surface area contributed by atoms with Crippen LogP contribution in [0.5, 0.6) is 0 Å². The molecule has 0 saturated carbocycles. The molecule has 30 heavy (non-hydrogen) atoms. The number of rotatable bonds is 4. The van der Waals surface area contributed by atoms with E-state index in [1.54, 1.807) is 18.2 Å². The van der Waals surface area contributed by atoms with Gasteiger partial charge in [0, 0.05) is 18.3 Å². The van der Waals surface area contributed by atoms with E-state index in [4.69, 9.17) is 12.2 Å². The molecule has 10 heteroatoms. The zero-order valence-corrected chi connectivity index (χ0v) is 17.5. The predicted molar refractivity (Wildman–Crippen MR) is 121 cm³/mol. The first-order valence-corrected chi connectivity index (χ1v) is 10.5. The highest BCUT2D eigenvalue weighted by Gasteiger charge is 2.31. The van der Waals surface area contributed by atoms with Crippen molar-refractivity contribution in [1.82, 2.24) is 9.88 Å². The molecule has 0 atom stereocenters. The first-order chi connectivity index (χ1) is 14.5. The zero-order chi connectivity index (χ0) is 21.3. The lowest BCUT2D eigenvalue weighted by molar-refractivity contribution is -0.384. The Kier molecular flexibility index (Phi) is 5.41. The third-order valence-electron chi connectivity index (χ3n) is 4.11. The predicted octanol–water partition coefficient (Wildman–Crippen LogP) is 4.97. The highest BCUT2D eigenvalue weighted by Crippen LogP contribution is 2.35. The summed E-state index contributed by atoms with van der Waals surface area (Å²) in [6.45, 7) is 0. The molecule has 1 saturated heterocycles. The number of thiazole rings is 1. The monoisotopic (exact) mass is 450 g/mol. The molecule has 0 aliphatic carbocycles. The Morgan fingerprint density at radius 3 is 2.80 bits per heavy atom. The van der Waals surface area contributed by atoms with Gasteiger partial charge in [0.2, 0.25) is 0 Å². The number of para-hydroxylation sites is 1. The standard InChI is InChI=1S/C20H10N4O3S3/c21-10-13(18-22-15-6-1-2-7-16(15)29-18)11-23-19(25)17(30-20(23)28)9-12-4-3-5-14(8-12)24(26)27/h1-9,11H/b13-11+,17-9+. The quantitative estimate of drug-likeness (QED) is 0.182. The SMILES string of the molecule is N#C/C(=C\N1C(=O)/C(=C\c2cccc([N+](=O)[O-])c2)SC1=S)c1nc2ccccc2s1. The molecule has 0 spiro atoms. The van der Waals surface area contributed by atoms with E-state index in [2.05, 4.69) is 11.1 Å². The maximum Gasteiger partial charge on any atom is 0.270 e. The molecule has 1 aromatic heterocycles. The van der Waals surface area contributed by atoms with Crippen LogP contribution in [0.2, 0.25) is 0 Å². The zero-order valence-electron chi connectivity index (χ0n) is 15.0. The van der Waals surface area contributed by atoms with Crippen molar-refractivity contribution in [2.24, 2.45) is 0 Å². The third-order valence-corrected chi connectivity index (χ3v) is 6.51. The van der Waals surface area contributed by atoms with Crippen molar-refractivity contribution in [1.29, 1.82) is 5.26 Å². The summed E-state index contributed by atoms with van der Waals surface area (Å²) in [4.78, 5) is 29.3. The van der Waals surface area contributed by atoms with Crippen LogP contribution >= 0.6 is 35.3 Å². The Hall–Kier alpha value is -3.39. The van der Waals surface area contributed by atoms with Crippen LogP contribution in [0.3, 0.4) is 0 Å². The second-order valence-corrected chi connectivity index (χ2v) is 8.75. The second-order valence-electron chi connectivity index (χ2n) is 6.05. The molecule has 1 aliphatic rings. The van der Waals surface area contributed by atoms with E-state index in [0.29, 0.717) is 15.5 Å². The summed E-state index contributed by atoms with van der Waals surface area (Å²) >= 11 is 7.73. The smallest absolute Gasteiger partial charge is 0.268 e. The van der Waals surface area contributed by atoms with Crippen LogP contribution in [0.1, 0.15) is 10.6 Å². The highest BCUT2D eigenvalue weighted by atomic mass is 32.2. The van der Waals surface area contributed by atoms with Gasteiger partial charge in [-0.25, -0.2) is 4.98 Å². The molecule has 2 aromatic carbocycles. The van der Waals surface area contributed by atoms with Gasteiger partial charge in [0.25, 0.3) is 11.6 Å². The maximum atomic E-state index is 12.8. The van der Waals surface area contributed by atoms with Gasteiger partial charge in [-0.15, -0.1) is 11.3 Å². The fraction of sp³-hybridized carbons (Fsp3) is 0. The van der Waals surface area contributed by atoms with Crippen molar-refractivity contribution in [3.63, 3.8) is 0 Å². The van der Waals surface area contributed by atoms with Crippen LogP contribution in [0.15, 0.2) is 59.6 Å². The average molecular weight is 451 g/mol. The number of benzene rings is 2. The number of carbonyl (C=O) groups excluding carboxylic acids is 1. The molecule has 7 nitrogen and oxygen atoms in total. The van der Waals surface area contributed by atoms with E-state index < -0.39 is 10.8 Å². The number of nitro benzene ring substituents is 1. The number of fused-ring (bicyclic) bond motifs is 1. The molecule has 2 heterocycles. The van der Waals surface area contributed by atoms with Crippen molar-refractivity contribution in [2.45, 2.75) is 0 Å². The second kappa shape index (κ2) is 8.16. The van der Waals surface area contributed by atoms with Gasteiger partial charge in [-0.3, -0.25) is 19.8 Å². The molecule has 1 fully saturated rings. The minimum Gasteiger partial charge on any atom is -0.268 e. The number of thiocarbonyl (C=S) groups is 1. The molecule has 0 N–H and O–H groups in total. The van der Waals surface area contributed by atoms with Gasteiger partial charge >= 0.3 is 0 Å². The van der Waals surface area contributed by atoms with E-state index in [1.165, 1.54) is 34.6 Å². The molecule has 146 valence electrons. The number of carbonyl (C=O) groups is 1. The number of allylic oxidation sites excluding steroid dienone is 1. The number of thioether (sulfide) groups is 1. The van der Waals surface area contributed by atoms with Crippen molar-refractivity contribution >= 4 is 73.1 Å². The Morgan fingerprint density at radius 1 is 1.27 bits per heavy atom. The number of nitro groups is 1. The van der Waals surface area contributed by atoms with E-state index in [-0.39, 0.29) is 15.6 Å². The Morgan fingerprint density at radius 2 is 2.07 bits per heavy atom. The number of hydrogen-bond donors (Lipinski definition) is 0. The highest BCUT2D eigenvalue weighted by molar-refractivity contribution is 8.26. The topological polar surface area (TPSA) is 100 Å². The minimum atomic E-state index is -0.498. The third kappa shape index (κ3) is 3.86. The molecule has 0 radical (unpaired) electrons. The number of nitriles is 1.